The summed E-state index contributed by atoms with van der Waals surface area (Å²) in [5.74, 6) is 0.906. The topological polar surface area (TPSA) is 60.2 Å². The van der Waals surface area contributed by atoms with E-state index in [9.17, 15) is 0 Å². The monoisotopic (exact) mass is 243 g/mol. The van der Waals surface area contributed by atoms with Gasteiger partial charge in [-0.1, -0.05) is 0 Å². The lowest BCUT2D eigenvalue weighted by Crippen LogP contribution is -2.19. The summed E-state index contributed by atoms with van der Waals surface area (Å²) < 4.78 is 5.60. The number of aromatic nitrogens is 1. The third-order valence-electron chi connectivity index (χ3n) is 3.31. The second kappa shape index (κ2) is 4.82. The predicted molar refractivity (Wildman–Crippen MR) is 73.6 cm³/mol. The van der Waals surface area contributed by atoms with Crippen molar-refractivity contribution in [2.45, 2.75) is 18.9 Å². The molecule has 3 N–H and O–H groups in total. The van der Waals surface area contributed by atoms with Crippen LogP contribution in [-0.2, 0) is 4.74 Å². The number of hydrogen-bond acceptors (Lipinski definition) is 4. The Morgan fingerprint density at radius 3 is 3.17 bits per heavy atom. The first-order chi connectivity index (χ1) is 8.83. The molecular weight excluding hydrogens is 226 g/mol. The zero-order valence-corrected chi connectivity index (χ0v) is 10.2. The van der Waals surface area contributed by atoms with Crippen molar-refractivity contribution in [1.82, 2.24) is 4.98 Å². The summed E-state index contributed by atoms with van der Waals surface area (Å²) in [6.45, 7) is 1.70. The molecule has 0 bridgehead atoms. The van der Waals surface area contributed by atoms with Gasteiger partial charge in [0.2, 0.25) is 0 Å². The maximum atomic E-state index is 5.79. The van der Waals surface area contributed by atoms with Crippen molar-refractivity contribution >= 4 is 22.3 Å². The summed E-state index contributed by atoms with van der Waals surface area (Å²) in [7, 11) is 0. The number of pyridine rings is 1. The van der Waals surface area contributed by atoms with E-state index in [0.29, 0.717) is 6.10 Å². The molecule has 1 aromatic heterocycles. The van der Waals surface area contributed by atoms with Crippen LogP contribution in [0.15, 0.2) is 30.5 Å². The molecule has 1 aliphatic heterocycles. The van der Waals surface area contributed by atoms with Crippen LogP contribution in [-0.4, -0.2) is 24.2 Å². The summed E-state index contributed by atoms with van der Waals surface area (Å²) in [5.41, 5.74) is 6.56. The van der Waals surface area contributed by atoms with Crippen LogP contribution in [0.25, 0.3) is 10.8 Å². The van der Waals surface area contributed by atoms with E-state index in [2.05, 4.69) is 10.3 Å². The summed E-state index contributed by atoms with van der Waals surface area (Å²) in [6.07, 6.45) is 4.41. The Morgan fingerprint density at radius 1 is 1.39 bits per heavy atom. The molecule has 94 valence electrons. The molecule has 4 heteroatoms. The Kier molecular flexibility index (Phi) is 3.02. The molecular formula is C14H17N3O. The molecule has 0 amide bonds. The van der Waals surface area contributed by atoms with Gasteiger partial charge in [0, 0.05) is 30.4 Å². The molecule has 1 atom stereocenters. The van der Waals surface area contributed by atoms with Gasteiger partial charge in [-0.05, 0) is 42.5 Å². The van der Waals surface area contributed by atoms with Crippen molar-refractivity contribution in [3.8, 4) is 0 Å². The zero-order chi connectivity index (χ0) is 12.4. The Balaban J connectivity index is 1.82. The fraction of sp³-hybridized carbons (Fsp3) is 0.357. The predicted octanol–water partition coefficient (Wildman–Crippen LogP) is 2.41. The first kappa shape index (κ1) is 11.3. The van der Waals surface area contributed by atoms with Crippen molar-refractivity contribution in [2.24, 2.45) is 0 Å². The average Bonchev–Trinajstić information content (AvgIpc) is 2.89. The highest BCUT2D eigenvalue weighted by Gasteiger charge is 2.15. The van der Waals surface area contributed by atoms with Gasteiger partial charge in [-0.3, -0.25) is 0 Å². The van der Waals surface area contributed by atoms with E-state index >= 15 is 0 Å². The Labute approximate surface area is 106 Å². The summed E-state index contributed by atoms with van der Waals surface area (Å²) in [4.78, 5) is 4.39. The number of hydrogen-bond donors (Lipinski definition) is 2. The summed E-state index contributed by atoms with van der Waals surface area (Å²) in [6, 6.07) is 7.86. The highest BCUT2D eigenvalue weighted by Crippen LogP contribution is 2.23. The quantitative estimate of drug-likeness (QED) is 0.813. The molecule has 2 aromatic rings. The molecule has 2 heterocycles. The Hall–Kier alpha value is -1.81. The third kappa shape index (κ3) is 2.24. The van der Waals surface area contributed by atoms with Gasteiger partial charge < -0.3 is 15.8 Å². The molecule has 3 rings (SSSR count). The van der Waals surface area contributed by atoms with Crippen LogP contribution in [0.3, 0.4) is 0 Å². The van der Waals surface area contributed by atoms with Crippen molar-refractivity contribution < 1.29 is 4.74 Å². The average molecular weight is 243 g/mol. The number of rotatable bonds is 3. The lowest BCUT2D eigenvalue weighted by atomic mass is 10.1. The van der Waals surface area contributed by atoms with E-state index in [1.54, 1.807) is 6.20 Å². The molecule has 1 fully saturated rings. The third-order valence-corrected chi connectivity index (χ3v) is 3.31. The van der Waals surface area contributed by atoms with Crippen molar-refractivity contribution in [3.05, 3.63) is 30.5 Å². The van der Waals surface area contributed by atoms with Crippen molar-refractivity contribution in [1.29, 1.82) is 0 Å². The second-order valence-electron chi connectivity index (χ2n) is 4.66. The van der Waals surface area contributed by atoms with E-state index in [-0.39, 0.29) is 0 Å². The number of nitrogens with two attached hydrogens (primary N) is 1. The van der Waals surface area contributed by atoms with Crippen LogP contribution < -0.4 is 11.1 Å². The highest BCUT2D eigenvalue weighted by atomic mass is 16.5. The maximum Gasteiger partial charge on any atom is 0.133 e. The number of fused-ring (bicyclic) bond motifs is 1. The highest BCUT2D eigenvalue weighted by molar-refractivity contribution is 5.93. The Bertz CT molecular complexity index is 550. The van der Waals surface area contributed by atoms with E-state index < -0.39 is 0 Å². The zero-order valence-electron chi connectivity index (χ0n) is 10.2. The molecule has 0 radical (unpaired) electrons. The Morgan fingerprint density at radius 2 is 2.33 bits per heavy atom. The van der Waals surface area contributed by atoms with Crippen LogP contribution in [0.1, 0.15) is 12.8 Å². The minimum absolute atomic E-state index is 0.316. The fourth-order valence-corrected chi connectivity index (χ4v) is 2.35. The van der Waals surface area contributed by atoms with Gasteiger partial charge in [-0.2, -0.15) is 0 Å². The number of nitrogen functional groups attached to an aromatic ring is 1. The minimum Gasteiger partial charge on any atom is -0.399 e. The first-order valence-electron chi connectivity index (χ1n) is 6.32. The van der Waals surface area contributed by atoms with Gasteiger partial charge >= 0.3 is 0 Å². The maximum absolute atomic E-state index is 5.79. The van der Waals surface area contributed by atoms with Gasteiger partial charge in [-0.25, -0.2) is 4.98 Å². The smallest absolute Gasteiger partial charge is 0.133 e. The molecule has 0 aliphatic carbocycles. The normalized spacial score (nSPS) is 19.2. The fourth-order valence-electron chi connectivity index (χ4n) is 2.35. The number of benzene rings is 1. The largest absolute Gasteiger partial charge is 0.399 e. The molecule has 1 unspecified atom stereocenters. The van der Waals surface area contributed by atoms with Crippen molar-refractivity contribution in [2.75, 3.05) is 24.2 Å². The lowest BCUT2D eigenvalue weighted by Gasteiger charge is -2.13. The van der Waals surface area contributed by atoms with Gasteiger partial charge in [0.15, 0.2) is 0 Å². The standard InChI is InChI=1S/C14H17N3O/c15-11-3-4-13-10(8-11)5-6-16-14(13)17-9-12-2-1-7-18-12/h3-6,8,12H,1-2,7,9,15H2,(H,16,17). The molecule has 4 nitrogen and oxygen atoms in total. The van der Waals surface area contributed by atoms with E-state index in [1.807, 2.05) is 24.3 Å². The molecule has 0 saturated carbocycles. The second-order valence-corrected chi connectivity index (χ2v) is 4.66. The number of nitrogens with zero attached hydrogens (tertiary/aromatic N) is 1. The van der Waals surface area contributed by atoms with E-state index in [0.717, 1.165) is 48.3 Å². The van der Waals surface area contributed by atoms with Crippen molar-refractivity contribution in [3.63, 3.8) is 0 Å². The van der Waals surface area contributed by atoms with Gasteiger partial charge in [-0.15, -0.1) is 0 Å². The van der Waals surface area contributed by atoms with Crippen LogP contribution in [0.2, 0.25) is 0 Å². The van der Waals surface area contributed by atoms with E-state index in [1.165, 1.54) is 0 Å². The van der Waals surface area contributed by atoms with Crippen LogP contribution in [0.5, 0.6) is 0 Å². The molecule has 0 spiro atoms. The number of ether oxygens (including phenoxy) is 1. The molecule has 1 aliphatic rings. The number of nitrogens with one attached hydrogen (secondary N) is 1. The van der Waals surface area contributed by atoms with Gasteiger partial charge in [0.1, 0.15) is 5.82 Å². The van der Waals surface area contributed by atoms with Gasteiger partial charge in [0.25, 0.3) is 0 Å². The summed E-state index contributed by atoms with van der Waals surface area (Å²) >= 11 is 0. The van der Waals surface area contributed by atoms with Gasteiger partial charge in [0.05, 0.1) is 6.10 Å². The molecule has 1 aromatic carbocycles. The number of anilines is 2. The lowest BCUT2D eigenvalue weighted by molar-refractivity contribution is 0.120. The van der Waals surface area contributed by atoms with Crippen LogP contribution >= 0.6 is 0 Å². The van der Waals surface area contributed by atoms with E-state index in [4.69, 9.17) is 10.5 Å². The van der Waals surface area contributed by atoms with Crippen LogP contribution in [0, 0.1) is 0 Å². The van der Waals surface area contributed by atoms with Crippen LogP contribution in [0.4, 0.5) is 11.5 Å². The SMILES string of the molecule is Nc1ccc2c(NCC3CCCO3)nccc2c1. The molecule has 18 heavy (non-hydrogen) atoms. The molecule has 1 saturated heterocycles. The summed E-state index contributed by atoms with van der Waals surface area (Å²) in [5, 5.41) is 5.58. The first-order valence-corrected chi connectivity index (χ1v) is 6.32. The minimum atomic E-state index is 0.316.